The summed E-state index contributed by atoms with van der Waals surface area (Å²) in [6, 6.07) is 0. The molecule has 0 aliphatic carbocycles. The van der Waals surface area contributed by atoms with Crippen LogP contribution in [0.25, 0.3) is 0 Å². The molecule has 1 aliphatic heterocycles. The van der Waals surface area contributed by atoms with Crippen molar-refractivity contribution >= 4 is 14.3 Å². The molecule has 1 rings (SSSR count). The summed E-state index contributed by atoms with van der Waals surface area (Å²) >= 11 is 0. The highest BCUT2D eigenvalue weighted by Gasteiger charge is 2.06. The van der Waals surface area contributed by atoms with Gasteiger partial charge < -0.3 is 10.1 Å². The van der Waals surface area contributed by atoms with Gasteiger partial charge in [0.15, 0.2) is 0 Å². The lowest BCUT2D eigenvalue weighted by atomic mass is 10.7. The van der Waals surface area contributed by atoms with Gasteiger partial charge in [-0.05, 0) is 0 Å². The van der Waals surface area contributed by atoms with Crippen LogP contribution in [0.1, 0.15) is 0 Å². The minimum absolute atomic E-state index is 0.296. The van der Waals surface area contributed by atoms with Gasteiger partial charge in [0.25, 0.3) is 0 Å². The van der Waals surface area contributed by atoms with Crippen LogP contribution >= 0.6 is 8.25 Å². The van der Waals surface area contributed by atoms with E-state index in [1.54, 1.807) is 0 Å². The summed E-state index contributed by atoms with van der Waals surface area (Å²) in [7, 11) is -2.87. The van der Waals surface area contributed by atoms with Crippen LogP contribution < -0.4 is 5.32 Å². The Bertz CT molecular complexity index is 125. The quantitative estimate of drug-likeness (QED) is 0.418. The topological polar surface area (TPSA) is 95.9 Å². The second-order valence-corrected chi connectivity index (χ2v) is 1.82. The van der Waals surface area contributed by atoms with Crippen molar-refractivity contribution in [1.82, 2.24) is 5.32 Å². The monoisotopic (exact) mass is 168 g/mol. The van der Waals surface area contributed by atoms with Crippen molar-refractivity contribution in [2.45, 2.75) is 0 Å². The van der Waals surface area contributed by atoms with Gasteiger partial charge in [-0.15, -0.1) is 9.79 Å². The molecule has 10 heavy (non-hydrogen) atoms. The molecule has 1 saturated heterocycles. The average molecular weight is 168 g/mol. The number of nitrogens with one attached hydrogen (secondary N) is 1. The molecule has 0 radical (unpaired) electrons. The Balaban J connectivity index is 0.000000180. The van der Waals surface area contributed by atoms with Crippen LogP contribution in [-0.4, -0.2) is 29.0 Å². The molecular formula is C3H7NO5P+. The second-order valence-electron chi connectivity index (χ2n) is 1.32. The van der Waals surface area contributed by atoms with Crippen LogP contribution in [0.15, 0.2) is 0 Å². The number of carbonyl (C=O) groups is 1. The van der Waals surface area contributed by atoms with Gasteiger partial charge in [-0.25, -0.2) is 4.79 Å². The third kappa shape index (κ3) is 7.29. The standard InChI is InChI=1S/C3H5NO2.HO3P/c5-3-4-1-2-6-3;1-4(2)3/h1-2H2,(H,4,5);(H-,1,2,3)/p+1. The molecule has 58 valence electrons. The van der Waals surface area contributed by atoms with Gasteiger partial charge in [0.1, 0.15) is 6.61 Å². The van der Waals surface area contributed by atoms with Gasteiger partial charge in [-0.1, -0.05) is 0 Å². The largest absolute Gasteiger partial charge is 0.692 e. The van der Waals surface area contributed by atoms with Crippen LogP contribution in [0.4, 0.5) is 4.79 Å². The summed E-state index contributed by atoms with van der Waals surface area (Å²) in [6.45, 7) is 1.19. The summed E-state index contributed by atoms with van der Waals surface area (Å²) in [5, 5.41) is 2.46. The van der Waals surface area contributed by atoms with E-state index in [1.807, 2.05) is 0 Å². The number of carbonyl (C=O) groups excluding carboxylic acids is 1. The fourth-order valence-corrected chi connectivity index (χ4v) is 0.348. The number of hydrogen-bond donors (Lipinski definition) is 3. The highest BCUT2D eigenvalue weighted by atomic mass is 31.1. The van der Waals surface area contributed by atoms with E-state index in [1.165, 1.54) is 0 Å². The highest BCUT2D eigenvalue weighted by molar-refractivity contribution is 7.30. The predicted molar refractivity (Wildman–Crippen MR) is 31.4 cm³/mol. The number of hydrogen-bond acceptors (Lipinski definition) is 3. The number of rotatable bonds is 0. The molecule has 1 aliphatic rings. The Morgan fingerprint density at radius 1 is 1.60 bits per heavy atom. The van der Waals surface area contributed by atoms with E-state index in [2.05, 4.69) is 10.1 Å². The SMILES string of the molecule is O=C1NCCO1.O=[P+](O)O. The zero-order chi connectivity index (χ0) is 7.98. The molecule has 3 N–H and O–H groups in total. The number of ether oxygens (including phenoxy) is 1. The number of alkyl carbamates (subject to hydrolysis) is 1. The minimum atomic E-state index is -2.87. The van der Waals surface area contributed by atoms with Gasteiger partial charge in [0.2, 0.25) is 0 Å². The van der Waals surface area contributed by atoms with Crippen LogP contribution in [-0.2, 0) is 9.30 Å². The maximum atomic E-state index is 9.91. The van der Waals surface area contributed by atoms with Gasteiger partial charge in [-0.2, -0.15) is 0 Å². The maximum Gasteiger partial charge on any atom is 0.692 e. The molecule has 7 heteroatoms. The first-order chi connectivity index (χ1) is 4.63. The van der Waals surface area contributed by atoms with Gasteiger partial charge in [0, 0.05) is 4.57 Å². The van der Waals surface area contributed by atoms with Crippen LogP contribution in [0.2, 0.25) is 0 Å². The van der Waals surface area contributed by atoms with Crippen molar-refractivity contribution in [3.05, 3.63) is 0 Å². The van der Waals surface area contributed by atoms with Gasteiger partial charge in [-0.3, -0.25) is 0 Å². The molecule has 0 aromatic heterocycles. The zero-order valence-electron chi connectivity index (χ0n) is 4.98. The summed E-state index contributed by atoms with van der Waals surface area (Å²) in [6.07, 6.45) is -0.296. The van der Waals surface area contributed by atoms with Gasteiger partial charge >= 0.3 is 14.3 Å². The molecule has 1 fully saturated rings. The molecule has 0 spiro atoms. The second kappa shape index (κ2) is 5.10. The minimum Gasteiger partial charge on any atom is -0.448 e. The molecule has 0 aromatic carbocycles. The Morgan fingerprint density at radius 2 is 2.10 bits per heavy atom. The normalized spacial score (nSPS) is 14.4. The van der Waals surface area contributed by atoms with Crippen molar-refractivity contribution in [2.24, 2.45) is 0 Å². The molecular weight excluding hydrogens is 161 g/mol. The smallest absolute Gasteiger partial charge is 0.448 e. The lowest BCUT2D eigenvalue weighted by Crippen LogP contribution is -2.11. The van der Waals surface area contributed by atoms with Crippen LogP contribution in [0.3, 0.4) is 0 Å². The maximum absolute atomic E-state index is 9.91. The summed E-state index contributed by atoms with van der Waals surface area (Å²) in [5.74, 6) is 0. The van der Waals surface area contributed by atoms with Crippen molar-refractivity contribution in [3.8, 4) is 0 Å². The molecule has 0 aromatic rings. The fraction of sp³-hybridized carbons (Fsp3) is 0.667. The number of cyclic esters (lactones) is 1. The van der Waals surface area contributed by atoms with Crippen LogP contribution in [0.5, 0.6) is 0 Å². The predicted octanol–water partition coefficient (Wildman–Crippen LogP) is -0.645. The van der Waals surface area contributed by atoms with Crippen molar-refractivity contribution in [1.29, 1.82) is 0 Å². The Hall–Kier alpha value is -0.710. The fourth-order valence-electron chi connectivity index (χ4n) is 0.348. The Kier molecular flexibility index (Phi) is 4.74. The van der Waals surface area contributed by atoms with Crippen molar-refractivity contribution in [2.75, 3.05) is 13.2 Å². The third-order valence-electron chi connectivity index (χ3n) is 0.605. The highest BCUT2D eigenvalue weighted by Crippen LogP contribution is 1.98. The van der Waals surface area contributed by atoms with E-state index >= 15 is 0 Å². The van der Waals surface area contributed by atoms with E-state index in [-0.39, 0.29) is 6.09 Å². The van der Waals surface area contributed by atoms with Crippen molar-refractivity contribution in [3.63, 3.8) is 0 Å². The van der Waals surface area contributed by atoms with Crippen LogP contribution in [0, 0.1) is 0 Å². The van der Waals surface area contributed by atoms with E-state index in [9.17, 15) is 4.79 Å². The zero-order valence-corrected chi connectivity index (χ0v) is 5.88. The third-order valence-corrected chi connectivity index (χ3v) is 0.605. The van der Waals surface area contributed by atoms with E-state index in [0.717, 1.165) is 0 Å². The summed E-state index contributed by atoms with van der Waals surface area (Å²) < 4.78 is 13.1. The number of amides is 1. The first-order valence-electron chi connectivity index (χ1n) is 2.38. The van der Waals surface area contributed by atoms with E-state index < -0.39 is 8.25 Å². The lowest BCUT2D eigenvalue weighted by Gasteiger charge is -1.80. The Labute approximate surface area is 57.8 Å². The summed E-state index contributed by atoms with van der Waals surface area (Å²) in [5.41, 5.74) is 0. The Morgan fingerprint density at radius 3 is 2.20 bits per heavy atom. The molecule has 0 unspecified atom stereocenters. The first-order valence-corrected chi connectivity index (χ1v) is 3.55. The first kappa shape index (κ1) is 9.29. The molecule has 1 heterocycles. The van der Waals surface area contributed by atoms with E-state index in [0.29, 0.717) is 13.2 Å². The average Bonchev–Trinajstić information content (AvgIpc) is 2.15. The molecule has 0 bridgehead atoms. The molecule has 0 saturated carbocycles. The van der Waals surface area contributed by atoms with E-state index in [4.69, 9.17) is 14.4 Å². The molecule has 6 nitrogen and oxygen atoms in total. The van der Waals surface area contributed by atoms with Gasteiger partial charge in [0.05, 0.1) is 6.54 Å². The molecule has 1 amide bonds. The van der Waals surface area contributed by atoms with Crippen molar-refractivity contribution < 1.29 is 23.9 Å². The summed E-state index contributed by atoms with van der Waals surface area (Å²) in [4.78, 5) is 24.2. The molecule has 0 atom stereocenters. The lowest BCUT2D eigenvalue weighted by molar-refractivity contribution is 0.178.